The van der Waals surface area contributed by atoms with Crippen LogP contribution in [-0.4, -0.2) is 80.6 Å². The van der Waals surface area contributed by atoms with Gasteiger partial charge in [-0.1, -0.05) is 42.5 Å². The summed E-state index contributed by atoms with van der Waals surface area (Å²) in [6, 6.07) is 17.6. The topological polar surface area (TPSA) is 173 Å². The third-order valence-corrected chi connectivity index (χ3v) is 8.51. The zero-order valence-corrected chi connectivity index (χ0v) is 27.7. The van der Waals surface area contributed by atoms with Gasteiger partial charge in [0.15, 0.2) is 0 Å². The van der Waals surface area contributed by atoms with E-state index in [-0.39, 0.29) is 43.2 Å². The predicted octanol–water partition coefficient (Wildman–Crippen LogP) is 1.43. The van der Waals surface area contributed by atoms with E-state index < -0.39 is 47.3 Å². The number of hydrogen-bond acceptors (Lipinski definition) is 8. The van der Waals surface area contributed by atoms with Crippen LogP contribution in [-0.2, 0) is 32.0 Å². The lowest BCUT2D eigenvalue weighted by Gasteiger charge is -2.26. The summed E-state index contributed by atoms with van der Waals surface area (Å²) in [5, 5.41) is 13.9. The fraction of sp³-hybridized carbons (Fsp3) is 0.361. The van der Waals surface area contributed by atoms with Crippen LogP contribution in [0.15, 0.2) is 72.8 Å². The maximum atomic E-state index is 13.7. The molecule has 0 saturated heterocycles. The quantitative estimate of drug-likeness (QED) is 0.245. The first-order chi connectivity index (χ1) is 23.6. The lowest BCUT2D eigenvalue weighted by atomic mass is 10.0. The van der Waals surface area contributed by atoms with Crippen molar-refractivity contribution >= 4 is 29.5 Å². The van der Waals surface area contributed by atoms with Crippen molar-refractivity contribution in [1.82, 2.24) is 26.6 Å². The number of fused-ring (bicyclic) bond motifs is 15. The molecule has 258 valence electrons. The first kappa shape index (κ1) is 34.7. The van der Waals surface area contributed by atoms with E-state index in [1.807, 2.05) is 30.3 Å². The number of benzene rings is 3. The molecule has 5 amide bonds. The van der Waals surface area contributed by atoms with Crippen LogP contribution >= 0.6 is 0 Å². The van der Waals surface area contributed by atoms with Gasteiger partial charge in [-0.2, -0.15) is 0 Å². The van der Waals surface area contributed by atoms with Crippen molar-refractivity contribution in [3.05, 3.63) is 89.5 Å². The molecule has 3 aliphatic rings. The number of carbonyl (C=O) groups is 5. The van der Waals surface area contributed by atoms with Gasteiger partial charge in [0.05, 0.1) is 26.3 Å². The molecule has 3 atom stereocenters. The molecule has 3 aromatic carbocycles. The molecule has 1 saturated carbocycles. The Morgan fingerprint density at radius 3 is 2.31 bits per heavy atom. The Labute approximate surface area is 284 Å². The first-order valence-corrected chi connectivity index (χ1v) is 16.1. The Morgan fingerprint density at radius 2 is 1.63 bits per heavy atom. The Balaban J connectivity index is 1.40. The highest BCUT2D eigenvalue weighted by Crippen LogP contribution is 2.35. The van der Waals surface area contributed by atoms with Crippen molar-refractivity contribution in [2.45, 2.75) is 56.3 Å². The van der Waals surface area contributed by atoms with Crippen molar-refractivity contribution in [1.29, 1.82) is 0 Å². The number of ether oxygens (including phenoxy) is 3. The van der Waals surface area contributed by atoms with E-state index in [0.29, 0.717) is 29.9 Å². The molecule has 0 unspecified atom stereocenters. The standard InChI is InChI=1S/C36H41N5O8/c1-22-31(42)39-29(19-23-7-5-4-6-8-23)34(45)41-36(15-16-36)35(46)37-17-18-49-25-11-9-24(10-12-25)20-28(33(44)38-22)40-32(43)27-14-13-26(47-2)21-30(27)48-3/h4-14,21-22,28-29H,15-20H2,1-3H3,(H,37,46)(H,38,44)(H,39,42)(H,40,43)(H,41,45)/t22-,28-,29+/m0/s1. The molecule has 2 heterocycles. The largest absolute Gasteiger partial charge is 0.497 e. The van der Waals surface area contributed by atoms with Crippen LogP contribution in [0.3, 0.4) is 0 Å². The number of methoxy groups -OCH3 is 2. The highest BCUT2D eigenvalue weighted by Gasteiger charge is 2.51. The highest BCUT2D eigenvalue weighted by atomic mass is 16.5. The predicted molar refractivity (Wildman–Crippen MR) is 179 cm³/mol. The third kappa shape index (κ3) is 8.86. The minimum absolute atomic E-state index is 0.0852. The molecular weight excluding hydrogens is 630 g/mol. The highest BCUT2D eigenvalue weighted by molar-refractivity contribution is 6.01. The van der Waals surface area contributed by atoms with Gasteiger partial charge >= 0.3 is 0 Å². The van der Waals surface area contributed by atoms with Gasteiger partial charge in [0.25, 0.3) is 5.91 Å². The zero-order valence-electron chi connectivity index (χ0n) is 27.7. The molecule has 49 heavy (non-hydrogen) atoms. The maximum absolute atomic E-state index is 13.7. The van der Waals surface area contributed by atoms with Gasteiger partial charge in [-0.05, 0) is 55.2 Å². The van der Waals surface area contributed by atoms with Crippen LogP contribution < -0.4 is 40.8 Å². The molecule has 0 aromatic heterocycles. The smallest absolute Gasteiger partial charge is 0.255 e. The number of nitrogens with one attached hydrogen (secondary N) is 5. The molecule has 1 aliphatic carbocycles. The van der Waals surface area contributed by atoms with E-state index in [9.17, 15) is 24.0 Å². The summed E-state index contributed by atoms with van der Waals surface area (Å²) in [5.41, 5.74) is 0.622. The second kappa shape index (κ2) is 15.5. The SMILES string of the molecule is COc1ccc(C(=O)N[C@H]2Cc3ccc(cc3)OCCNC(=O)C3(CC3)NC(=O)[C@@H](Cc3ccccc3)NC(=O)[C@H](C)NC2=O)c(OC)c1. The maximum Gasteiger partial charge on any atom is 0.255 e. The lowest BCUT2D eigenvalue weighted by molar-refractivity contribution is -0.134. The summed E-state index contributed by atoms with van der Waals surface area (Å²) in [4.78, 5) is 67.4. The van der Waals surface area contributed by atoms with E-state index in [4.69, 9.17) is 14.2 Å². The fourth-order valence-corrected chi connectivity index (χ4v) is 5.48. The van der Waals surface area contributed by atoms with E-state index in [2.05, 4.69) is 26.6 Å². The van der Waals surface area contributed by atoms with Gasteiger partial charge in [0.2, 0.25) is 23.6 Å². The molecule has 2 aliphatic heterocycles. The average Bonchev–Trinajstić information content (AvgIpc) is 3.90. The van der Waals surface area contributed by atoms with E-state index in [0.717, 1.165) is 5.56 Å². The number of amides is 5. The second-order valence-corrected chi connectivity index (χ2v) is 12.1. The van der Waals surface area contributed by atoms with Crippen LogP contribution in [0.25, 0.3) is 0 Å². The Hall–Kier alpha value is -5.59. The van der Waals surface area contributed by atoms with Gasteiger partial charge in [-0.25, -0.2) is 0 Å². The average molecular weight is 672 g/mol. The molecule has 13 nitrogen and oxygen atoms in total. The first-order valence-electron chi connectivity index (χ1n) is 16.1. The van der Waals surface area contributed by atoms with Crippen LogP contribution in [0.5, 0.6) is 17.2 Å². The summed E-state index contributed by atoms with van der Waals surface area (Å²) >= 11 is 0. The Bertz CT molecular complexity index is 1680. The number of rotatable bonds is 6. The normalized spacial score (nSPS) is 21.2. The summed E-state index contributed by atoms with van der Waals surface area (Å²) in [5.74, 6) is -1.35. The zero-order chi connectivity index (χ0) is 35.0. The summed E-state index contributed by atoms with van der Waals surface area (Å²) in [6.45, 7) is 1.89. The van der Waals surface area contributed by atoms with Crippen molar-refractivity contribution < 1.29 is 38.2 Å². The molecule has 3 aromatic rings. The molecule has 6 rings (SSSR count). The van der Waals surface area contributed by atoms with Crippen molar-refractivity contribution in [2.75, 3.05) is 27.4 Å². The Kier molecular flexibility index (Phi) is 11.0. The molecule has 0 radical (unpaired) electrons. The molecule has 5 N–H and O–H groups in total. The summed E-state index contributed by atoms with van der Waals surface area (Å²) in [6.07, 6.45) is 1.16. The van der Waals surface area contributed by atoms with Gasteiger partial charge in [0.1, 0.15) is 47.5 Å². The molecule has 1 fully saturated rings. The summed E-state index contributed by atoms with van der Waals surface area (Å²) < 4.78 is 16.4. The number of carbonyl (C=O) groups excluding carboxylic acids is 5. The van der Waals surface area contributed by atoms with Gasteiger partial charge in [0, 0.05) is 18.9 Å². The van der Waals surface area contributed by atoms with Gasteiger partial charge in [-0.3, -0.25) is 24.0 Å². The fourth-order valence-electron chi connectivity index (χ4n) is 5.48. The van der Waals surface area contributed by atoms with Crippen molar-refractivity contribution in [3.8, 4) is 17.2 Å². The lowest BCUT2D eigenvalue weighted by Crippen LogP contribution is -2.59. The van der Waals surface area contributed by atoms with Gasteiger partial charge in [-0.15, -0.1) is 0 Å². The van der Waals surface area contributed by atoms with Crippen LogP contribution in [0.1, 0.15) is 41.3 Å². The van der Waals surface area contributed by atoms with Crippen molar-refractivity contribution in [3.63, 3.8) is 0 Å². The minimum Gasteiger partial charge on any atom is -0.497 e. The van der Waals surface area contributed by atoms with E-state index in [1.165, 1.54) is 27.2 Å². The minimum atomic E-state index is -1.10. The number of hydrogen-bond donors (Lipinski definition) is 5. The molecule has 13 heteroatoms. The third-order valence-electron chi connectivity index (χ3n) is 8.51. The molecule has 2 bridgehead atoms. The van der Waals surface area contributed by atoms with Crippen LogP contribution in [0.2, 0.25) is 0 Å². The molecular formula is C36H41N5O8. The molecule has 1 spiro atoms. The van der Waals surface area contributed by atoms with Crippen LogP contribution in [0.4, 0.5) is 0 Å². The van der Waals surface area contributed by atoms with E-state index in [1.54, 1.807) is 36.4 Å². The summed E-state index contributed by atoms with van der Waals surface area (Å²) in [7, 11) is 2.92. The van der Waals surface area contributed by atoms with E-state index >= 15 is 0 Å². The Morgan fingerprint density at radius 1 is 0.898 bits per heavy atom. The van der Waals surface area contributed by atoms with Crippen molar-refractivity contribution in [2.24, 2.45) is 0 Å². The monoisotopic (exact) mass is 671 g/mol. The van der Waals surface area contributed by atoms with Gasteiger partial charge < -0.3 is 40.8 Å². The second-order valence-electron chi connectivity index (χ2n) is 12.1. The van der Waals surface area contributed by atoms with Crippen LogP contribution in [0, 0.1) is 0 Å².